The van der Waals surface area contributed by atoms with Crippen molar-refractivity contribution in [2.45, 2.75) is 0 Å². The number of nitrogens with zero attached hydrogens (tertiary/aromatic N) is 1. The summed E-state index contributed by atoms with van der Waals surface area (Å²) >= 11 is 6.21. The molecule has 122 valence electrons. The van der Waals surface area contributed by atoms with E-state index in [2.05, 4.69) is 4.98 Å². The Hall–Kier alpha value is -2.72. The van der Waals surface area contributed by atoms with E-state index in [0.717, 1.165) is 16.6 Å². The molecule has 4 nitrogen and oxygen atoms in total. The summed E-state index contributed by atoms with van der Waals surface area (Å²) in [6.45, 7) is 0. The molecule has 0 atom stereocenters. The maximum absolute atomic E-state index is 9.91. The molecule has 1 heterocycles. The molecule has 0 radical (unpaired) electrons. The van der Waals surface area contributed by atoms with Gasteiger partial charge in [0.1, 0.15) is 11.3 Å². The fourth-order valence-corrected chi connectivity index (χ4v) is 2.75. The van der Waals surface area contributed by atoms with Crippen LogP contribution >= 0.6 is 11.6 Å². The van der Waals surface area contributed by atoms with Crippen LogP contribution in [0.1, 0.15) is 11.3 Å². The number of aromatic nitrogens is 1. The van der Waals surface area contributed by atoms with Gasteiger partial charge in [-0.15, -0.1) is 0 Å². The monoisotopic (exact) mass is 341 g/mol. The van der Waals surface area contributed by atoms with Crippen molar-refractivity contribution in [3.05, 3.63) is 58.7 Å². The average molecular weight is 342 g/mol. The summed E-state index contributed by atoms with van der Waals surface area (Å²) in [5.74, 6) is 1.23. The van der Waals surface area contributed by atoms with Gasteiger partial charge in [0.25, 0.3) is 0 Å². The van der Waals surface area contributed by atoms with Crippen LogP contribution in [0.25, 0.3) is 23.1 Å². The number of rotatable bonds is 4. The van der Waals surface area contributed by atoms with Crippen molar-refractivity contribution in [2.24, 2.45) is 0 Å². The lowest BCUT2D eigenvalue weighted by Gasteiger charge is -2.10. The van der Waals surface area contributed by atoms with Crippen LogP contribution in [0.5, 0.6) is 17.2 Å². The van der Waals surface area contributed by atoms with Gasteiger partial charge in [0.2, 0.25) is 0 Å². The number of phenols is 1. The molecule has 2 aromatic carbocycles. The molecule has 0 aliphatic rings. The zero-order valence-electron chi connectivity index (χ0n) is 13.3. The Morgan fingerprint density at radius 2 is 1.88 bits per heavy atom. The SMILES string of the molecule is COc1cc(C=Cc2ccc3cccc(O)c3n2)cc(Cl)c1OC. The van der Waals surface area contributed by atoms with Crippen LogP contribution in [0.2, 0.25) is 5.02 Å². The van der Waals surface area contributed by atoms with E-state index in [1.165, 1.54) is 0 Å². The maximum Gasteiger partial charge on any atom is 0.179 e. The van der Waals surface area contributed by atoms with Gasteiger partial charge >= 0.3 is 0 Å². The summed E-state index contributed by atoms with van der Waals surface area (Å²) in [5.41, 5.74) is 2.16. The van der Waals surface area contributed by atoms with Gasteiger partial charge in [-0.2, -0.15) is 0 Å². The molecule has 5 heteroatoms. The molecular weight excluding hydrogens is 326 g/mol. The third-order valence-corrected chi connectivity index (χ3v) is 3.90. The molecule has 1 aromatic heterocycles. The number of phenolic OH excluding ortho intramolecular Hbond substituents is 1. The zero-order valence-corrected chi connectivity index (χ0v) is 14.0. The minimum atomic E-state index is 0.164. The Morgan fingerprint density at radius 1 is 1.04 bits per heavy atom. The molecule has 0 amide bonds. The number of benzene rings is 2. The number of fused-ring (bicyclic) bond motifs is 1. The summed E-state index contributed by atoms with van der Waals surface area (Å²) in [4.78, 5) is 4.46. The normalized spacial score (nSPS) is 11.1. The lowest BCUT2D eigenvalue weighted by Crippen LogP contribution is -1.92. The Balaban J connectivity index is 1.96. The van der Waals surface area contributed by atoms with Gasteiger partial charge in [-0.25, -0.2) is 4.98 Å². The van der Waals surface area contributed by atoms with Crippen LogP contribution in [0.3, 0.4) is 0 Å². The van der Waals surface area contributed by atoms with Crippen LogP contribution in [-0.2, 0) is 0 Å². The molecule has 0 aliphatic heterocycles. The molecular formula is C19H16ClNO3. The zero-order chi connectivity index (χ0) is 17.1. The van der Waals surface area contributed by atoms with Gasteiger partial charge in [0, 0.05) is 5.39 Å². The fourth-order valence-electron chi connectivity index (χ4n) is 2.46. The number of hydrogen-bond donors (Lipinski definition) is 1. The number of aromatic hydroxyl groups is 1. The Bertz CT molecular complexity index is 922. The van der Waals surface area contributed by atoms with Crippen LogP contribution in [0.4, 0.5) is 0 Å². The van der Waals surface area contributed by atoms with E-state index in [1.807, 2.05) is 36.4 Å². The summed E-state index contributed by atoms with van der Waals surface area (Å²) in [6, 6.07) is 12.8. The van der Waals surface area contributed by atoms with Gasteiger partial charge < -0.3 is 14.6 Å². The first-order chi connectivity index (χ1) is 11.6. The van der Waals surface area contributed by atoms with E-state index < -0.39 is 0 Å². The quantitative estimate of drug-likeness (QED) is 0.741. The highest BCUT2D eigenvalue weighted by Gasteiger charge is 2.09. The Kier molecular flexibility index (Phi) is 4.58. The van der Waals surface area contributed by atoms with Crippen molar-refractivity contribution in [2.75, 3.05) is 14.2 Å². The molecule has 1 N–H and O–H groups in total. The molecule has 24 heavy (non-hydrogen) atoms. The molecule has 3 aromatic rings. The van der Waals surface area contributed by atoms with Crippen molar-refractivity contribution in [3.8, 4) is 17.2 Å². The van der Waals surface area contributed by atoms with E-state index in [9.17, 15) is 5.11 Å². The van der Waals surface area contributed by atoms with E-state index >= 15 is 0 Å². The van der Waals surface area contributed by atoms with Crippen LogP contribution in [0, 0.1) is 0 Å². The van der Waals surface area contributed by atoms with E-state index in [0.29, 0.717) is 22.0 Å². The highest BCUT2D eigenvalue weighted by molar-refractivity contribution is 6.32. The molecule has 0 spiro atoms. The number of methoxy groups -OCH3 is 2. The largest absolute Gasteiger partial charge is 0.506 e. The molecule has 0 unspecified atom stereocenters. The second-order valence-corrected chi connectivity index (χ2v) is 5.56. The van der Waals surface area contributed by atoms with E-state index in [4.69, 9.17) is 21.1 Å². The second-order valence-electron chi connectivity index (χ2n) is 5.16. The molecule has 0 aliphatic carbocycles. The fraction of sp³-hybridized carbons (Fsp3) is 0.105. The summed E-state index contributed by atoms with van der Waals surface area (Å²) in [6.07, 6.45) is 3.73. The lowest BCUT2D eigenvalue weighted by atomic mass is 10.1. The maximum atomic E-state index is 9.91. The average Bonchev–Trinajstić information content (AvgIpc) is 2.60. The smallest absolute Gasteiger partial charge is 0.179 e. The third kappa shape index (κ3) is 3.14. The van der Waals surface area contributed by atoms with Crippen molar-refractivity contribution in [1.82, 2.24) is 4.98 Å². The number of hydrogen-bond acceptors (Lipinski definition) is 4. The topological polar surface area (TPSA) is 51.6 Å². The summed E-state index contributed by atoms with van der Waals surface area (Å²) in [7, 11) is 3.11. The molecule has 0 saturated heterocycles. The summed E-state index contributed by atoms with van der Waals surface area (Å²) < 4.78 is 10.5. The first-order valence-corrected chi connectivity index (χ1v) is 7.68. The molecule has 0 bridgehead atoms. The first kappa shape index (κ1) is 16.1. The minimum Gasteiger partial charge on any atom is -0.506 e. The molecule has 0 saturated carbocycles. The number of para-hydroxylation sites is 1. The van der Waals surface area contributed by atoms with Crippen molar-refractivity contribution >= 4 is 34.7 Å². The van der Waals surface area contributed by atoms with Crippen LogP contribution < -0.4 is 9.47 Å². The molecule has 3 rings (SSSR count). The summed E-state index contributed by atoms with van der Waals surface area (Å²) in [5, 5.41) is 11.3. The Morgan fingerprint density at radius 3 is 2.62 bits per heavy atom. The van der Waals surface area contributed by atoms with Crippen LogP contribution in [-0.4, -0.2) is 24.3 Å². The molecule has 0 fully saturated rings. The highest BCUT2D eigenvalue weighted by Crippen LogP contribution is 2.36. The Labute approximate surface area is 144 Å². The van der Waals surface area contributed by atoms with Gasteiger partial charge in [-0.05, 0) is 35.9 Å². The third-order valence-electron chi connectivity index (χ3n) is 3.62. The van der Waals surface area contributed by atoms with Crippen LogP contribution in [0.15, 0.2) is 42.5 Å². The first-order valence-electron chi connectivity index (χ1n) is 7.30. The number of halogens is 1. The van der Waals surface area contributed by atoms with Crippen molar-refractivity contribution in [1.29, 1.82) is 0 Å². The van der Waals surface area contributed by atoms with E-state index in [1.54, 1.807) is 32.4 Å². The van der Waals surface area contributed by atoms with Gasteiger partial charge in [0.15, 0.2) is 11.5 Å². The van der Waals surface area contributed by atoms with Crippen molar-refractivity contribution < 1.29 is 14.6 Å². The standard InChI is InChI=1S/C19H16ClNO3/c1-23-17-11-12(10-15(20)19(17)24-2)6-8-14-9-7-13-4-3-5-16(22)18(13)21-14/h3-11,22H,1-2H3. The van der Waals surface area contributed by atoms with Gasteiger partial charge in [-0.1, -0.05) is 35.9 Å². The minimum absolute atomic E-state index is 0.164. The van der Waals surface area contributed by atoms with Gasteiger partial charge in [0.05, 0.1) is 24.9 Å². The number of ether oxygens (including phenoxy) is 2. The predicted octanol–water partition coefficient (Wildman–Crippen LogP) is 4.78. The predicted molar refractivity (Wildman–Crippen MR) is 96.9 cm³/mol. The van der Waals surface area contributed by atoms with Crippen molar-refractivity contribution in [3.63, 3.8) is 0 Å². The van der Waals surface area contributed by atoms with Gasteiger partial charge in [-0.3, -0.25) is 0 Å². The highest BCUT2D eigenvalue weighted by atomic mass is 35.5. The second kappa shape index (κ2) is 6.81. The number of pyridine rings is 1. The lowest BCUT2D eigenvalue weighted by molar-refractivity contribution is 0.355. The van der Waals surface area contributed by atoms with E-state index in [-0.39, 0.29) is 5.75 Å².